The maximum atomic E-state index is 10.4. The van der Waals surface area contributed by atoms with Gasteiger partial charge in [-0.2, -0.15) is 5.10 Å². The van der Waals surface area contributed by atoms with Gasteiger partial charge in [-0.25, -0.2) is 0 Å². The molecule has 1 heterocycles. The van der Waals surface area contributed by atoms with Crippen LogP contribution in [0.2, 0.25) is 0 Å². The van der Waals surface area contributed by atoms with Crippen molar-refractivity contribution in [3.63, 3.8) is 0 Å². The molecule has 0 aliphatic rings. The zero-order valence-electron chi connectivity index (χ0n) is 12.3. The summed E-state index contributed by atoms with van der Waals surface area (Å²) in [7, 11) is 1.93. The fourth-order valence-corrected chi connectivity index (χ4v) is 2.06. The second-order valence-electron chi connectivity index (χ2n) is 5.92. The lowest BCUT2D eigenvalue weighted by Crippen LogP contribution is -2.33. The number of rotatable bonds is 7. The van der Waals surface area contributed by atoms with Gasteiger partial charge >= 0.3 is 0 Å². The van der Waals surface area contributed by atoms with Gasteiger partial charge in [0.1, 0.15) is 0 Å². The third kappa shape index (κ3) is 5.19. The molecular weight excluding hydrogens is 226 g/mol. The molecule has 0 fully saturated rings. The van der Waals surface area contributed by atoms with E-state index < -0.39 is 5.60 Å². The maximum Gasteiger partial charge on any atom is 0.0686 e. The lowest BCUT2D eigenvalue weighted by Gasteiger charge is -2.23. The number of nitrogens with zero attached hydrogens (tertiary/aromatic N) is 2. The highest BCUT2D eigenvalue weighted by Gasteiger charge is 2.22. The third-order valence-electron chi connectivity index (χ3n) is 3.05. The average Bonchev–Trinajstić information content (AvgIpc) is 2.51. The second kappa shape index (κ2) is 6.34. The Morgan fingerprint density at radius 3 is 2.67 bits per heavy atom. The van der Waals surface area contributed by atoms with Crippen molar-refractivity contribution in [1.82, 2.24) is 15.1 Å². The smallest absolute Gasteiger partial charge is 0.0686 e. The van der Waals surface area contributed by atoms with Crippen LogP contribution >= 0.6 is 0 Å². The first-order valence-corrected chi connectivity index (χ1v) is 6.73. The summed E-state index contributed by atoms with van der Waals surface area (Å²) in [4.78, 5) is 0. The fourth-order valence-electron chi connectivity index (χ4n) is 2.06. The van der Waals surface area contributed by atoms with Crippen molar-refractivity contribution in [3.8, 4) is 0 Å². The molecule has 0 aromatic carbocycles. The Hall–Kier alpha value is -0.870. The maximum absolute atomic E-state index is 10.4. The van der Waals surface area contributed by atoms with E-state index in [9.17, 15) is 5.11 Å². The molecule has 0 amide bonds. The number of hydrogen-bond donors (Lipinski definition) is 2. The largest absolute Gasteiger partial charge is 0.390 e. The van der Waals surface area contributed by atoms with Gasteiger partial charge < -0.3 is 10.4 Å². The van der Waals surface area contributed by atoms with Crippen molar-refractivity contribution in [2.45, 2.75) is 46.1 Å². The van der Waals surface area contributed by atoms with E-state index in [4.69, 9.17) is 0 Å². The van der Waals surface area contributed by atoms with Gasteiger partial charge in [0.25, 0.3) is 0 Å². The molecule has 18 heavy (non-hydrogen) atoms. The van der Waals surface area contributed by atoms with E-state index in [1.54, 1.807) is 0 Å². The topological polar surface area (TPSA) is 50.1 Å². The molecule has 0 bridgehead atoms. The summed E-state index contributed by atoms with van der Waals surface area (Å²) in [6.07, 6.45) is 1.40. The molecule has 104 valence electrons. The van der Waals surface area contributed by atoms with E-state index in [1.807, 2.05) is 31.6 Å². The summed E-state index contributed by atoms with van der Waals surface area (Å²) in [5.74, 6) is 0.648. The molecule has 1 atom stereocenters. The summed E-state index contributed by atoms with van der Waals surface area (Å²) in [5, 5.41) is 18.1. The molecule has 1 rings (SSSR count). The molecule has 0 radical (unpaired) electrons. The fraction of sp³-hybridized carbons (Fsp3) is 0.786. The molecule has 0 aliphatic heterocycles. The zero-order valence-corrected chi connectivity index (χ0v) is 12.3. The summed E-state index contributed by atoms with van der Waals surface area (Å²) in [6, 6.07) is 2.04. The molecular formula is C14H27N3O. The number of hydrogen-bond acceptors (Lipinski definition) is 3. The highest BCUT2D eigenvalue weighted by Crippen LogP contribution is 2.16. The minimum absolute atomic E-state index is 0.647. The van der Waals surface area contributed by atoms with E-state index in [2.05, 4.69) is 24.3 Å². The monoisotopic (exact) mass is 253 g/mol. The van der Waals surface area contributed by atoms with Gasteiger partial charge in [0, 0.05) is 19.2 Å². The van der Waals surface area contributed by atoms with Gasteiger partial charge in [0.05, 0.1) is 11.3 Å². The predicted octanol–water partition coefficient (Wildman–Crippen LogP) is 1.66. The first kappa shape index (κ1) is 15.2. The number of nitrogens with one attached hydrogen (secondary N) is 1. The average molecular weight is 253 g/mol. The van der Waals surface area contributed by atoms with Crippen molar-refractivity contribution in [1.29, 1.82) is 0 Å². The van der Waals surface area contributed by atoms with Gasteiger partial charge in [-0.3, -0.25) is 4.68 Å². The van der Waals surface area contributed by atoms with Crippen LogP contribution in [0, 0.1) is 12.8 Å². The Bertz CT molecular complexity index is 369. The van der Waals surface area contributed by atoms with Crippen LogP contribution in [-0.4, -0.2) is 33.6 Å². The van der Waals surface area contributed by atoms with Crippen molar-refractivity contribution in [2.75, 3.05) is 13.1 Å². The predicted molar refractivity (Wildman–Crippen MR) is 74.6 cm³/mol. The normalized spacial score (nSPS) is 15.1. The molecule has 2 N–H and O–H groups in total. The van der Waals surface area contributed by atoms with E-state index in [1.165, 1.54) is 0 Å². The Morgan fingerprint density at radius 2 is 2.17 bits per heavy atom. The number of aliphatic hydroxyl groups is 1. The minimum Gasteiger partial charge on any atom is -0.390 e. The van der Waals surface area contributed by atoms with Crippen LogP contribution in [0.25, 0.3) is 0 Å². The first-order valence-electron chi connectivity index (χ1n) is 6.73. The summed E-state index contributed by atoms with van der Waals surface area (Å²) in [5.41, 5.74) is 1.41. The van der Waals surface area contributed by atoms with Crippen LogP contribution in [0.15, 0.2) is 6.07 Å². The van der Waals surface area contributed by atoms with Crippen LogP contribution in [0.1, 0.15) is 38.6 Å². The summed E-state index contributed by atoms with van der Waals surface area (Å²) in [6.45, 7) is 10.1. The second-order valence-corrected chi connectivity index (χ2v) is 5.92. The van der Waals surface area contributed by atoms with Crippen LogP contribution in [0.5, 0.6) is 0 Å². The Labute approximate surface area is 110 Å². The van der Waals surface area contributed by atoms with E-state index in [0.29, 0.717) is 12.3 Å². The van der Waals surface area contributed by atoms with E-state index >= 15 is 0 Å². The highest BCUT2D eigenvalue weighted by atomic mass is 16.3. The van der Waals surface area contributed by atoms with Crippen LogP contribution in [0.4, 0.5) is 0 Å². The quantitative estimate of drug-likeness (QED) is 0.727. The number of aryl methyl sites for hydroxylation is 2. The minimum atomic E-state index is -0.676. The standard InChI is InChI=1S/C14H27N3O/c1-11(2)10-15-7-6-14(4,18)9-13-8-12(3)16-17(13)5/h8,11,15,18H,6-7,9-10H2,1-5H3. The summed E-state index contributed by atoms with van der Waals surface area (Å²) >= 11 is 0. The molecule has 1 aromatic rings. The Morgan fingerprint density at radius 1 is 1.50 bits per heavy atom. The van der Waals surface area contributed by atoms with E-state index in [-0.39, 0.29) is 0 Å². The van der Waals surface area contributed by atoms with Gasteiger partial charge in [0.2, 0.25) is 0 Å². The van der Waals surface area contributed by atoms with Gasteiger partial charge in [-0.15, -0.1) is 0 Å². The van der Waals surface area contributed by atoms with Crippen LogP contribution < -0.4 is 5.32 Å². The van der Waals surface area contributed by atoms with Gasteiger partial charge in [-0.05, 0) is 45.3 Å². The van der Waals surface area contributed by atoms with Crippen molar-refractivity contribution in [3.05, 3.63) is 17.5 Å². The summed E-state index contributed by atoms with van der Waals surface area (Å²) < 4.78 is 1.85. The first-order chi connectivity index (χ1) is 8.30. The zero-order chi connectivity index (χ0) is 13.8. The van der Waals surface area contributed by atoms with Crippen molar-refractivity contribution in [2.24, 2.45) is 13.0 Å². The molecule has 0 saturated heterocycles. The third-order valence-corrected chi connectivity index (χ3v) is 3.05. The molecule has 0 saturated carbocycles. The van der Waals surface area contributed by atoms with Crippen LogP contribution in [0.3, 0.4) is 0 Å². The SMILES string of the molecule is Cc1cc(CC(C)(O)CCNCC(C)C)n(C)n1. The Kier molecular flexibility index (Phi) is 5.35. The van der Waals surface area contributed by atoms with Gasteiger partial charge in [0.15, 0.2) is 0 Å². The molecule has 0 aliphatic carbocycles. The number of aromatic nitrogens is 2. The van der Waals surface area contributed by atoms with Crippen LogP contribution in [-0.2, 0) is 13.5 Å². The Balaban J connectivity index is 2.41. The highest BCUT2D eigenvalue weighted by molar-refractivity contribution is 5.11. The lowest BCUT2D eigenvalue weighted by molar-refractivity contribution is 0.0495. The van der Waals surface area contributed by atoms with Crippen molar-refractivity contribution < 1.29 is 5.11 Å². The van der Waals surface area contributed by atoms with Gasteiger partial charge in [-0.1, -0.05) is 13.8 Å². The van der Waals surface area contributed by atoms with E-state index in [0.717, 1.165) is 30.9 Å². The molecule has 1 aromatic heterocycles. The molecule has 4 nitrogen and oxygen atoms in total. The molecule has 0 spiro atoms. The van der Waals surface area contributed by atoms with Crippen molar-refractivity contribution >= 4 is 0 Å². The lowest BCUT2D eigenvalue weighted by atomic mass is 9.96. The molecule has 1 unspecified atom stereocenters. The molecule has 4 heteroatoms.